The first-order chi connectivity index (χ1) is 8.52. The van der Waals surface area contributed by atoms with Crippen LogP contribution in [0.25, 0.3) is 0 Å². The van der Waals surface area contributed by atoms with Gasteiger partial charge in [-0.3, -0.25) is 4.79 Å². The molecule has 2 rings (SSSR count). The number of nitrogens with one attached hydrogen (secondary N) is 1. The van der Waals surface area contributed by atoms with Crippen molar-refractivity contribution in [2.24, 2.45) is 0 Å². The number of nitrogens with zero attached hydrogens (tertiary/aromatic N) is 3. The highest BCUT2D eigenvalue weighted by Crippen LogP contribution is 2.17. The molecule has 1 aromatic heterocycles. The lowest BCUT2D eigenvalue weighted by molar-refractivity contribution is 0.111. The zero-order valence-electron chi connectivity index (χ0n) is 10.9. The van der Waals surface area contributed by atoms with E-state index in [1.54, 1.807) is 4.90 Å². The molecular weight excluding hydrogens is 232 g/mol. The number of aryl methyl sites for hydroxylation is 1. The largest absolute Gasteiger partial charge is 0.336 e. The van der Waals surface area contributed by atoms with E-state index in [0.29, 0.717) is 25.3 Å². The highest BCUT2D eigenvalue weighted by molar-refractivity contribution is 5.76. The molecule has 0 bridgehead atoms. The van der Waals surface area contributed by atoms with Gasteiger partial charge in [-0.2, -0.15) is 0 Å². The first-order valence-corrected chi connectivity index (χ1v) is 6.09. The number of urea groups is 1. The quantitative estimate of drug-likeness (QED) is 0.794. The summed E-state index contributed by atoms with van der Waals surface area (Å²) in [6.07, 6.45) is 0.753. The molecule has 0 radical (unpaired) electrons. The molecule has 0 saturated carbocycles. The third-order valence-corrected chi connectivity index (χ3v) is 3.04. The van der Waals surface area contributed by atoms with E-state index in [9.17, 15) is 9.59 Å². The van der Waals surface area contributed by atoms with E-state index in [4.69, 9.17) is 0 Å². The minimum Gasteiger partial charge on any atom is -0.336 e. The molecule has 1 aromatic rings. The Bertz CT molecular complexity index is 479. The number of imidazole rings is 1. The lowest BCUT2D eigenvalue weighted by Crippen LogP contribution is -2.46. The molecule has 0 saturated heterocycles. The summed E-state index contributed by atoms with van der Waals surface area (Å²) in [6, 6.07) is 0.0172. The Morgan fingerprint density at radius 3 is 2.78 bits per heavy atom. The molecular formula is C12H18N4O2. The van der Waals surface area contributed by atoms with Gasteiger partial charge in [0.2, 0.25) is 0 Å². The second-order valence-corrected chi connectivity index (χ2v) is 4.79. The summed E-state index contributed by atoms with van der Waals surface area (Å²) < 4.78 is 2.00. The Balaban J connectivity index is 2.19. The van der Waals surface area contributed by atoms with Crippen LogP contribution in [0, 0.1) is 6.92 Å². The van der Waals surface area contributed by atoms with E-state index in [0.717, 1.165) is 17.8 Å². The monoisotopic (exact) mass is 250 g/mol. The van der Waals surface area contributed by atoms with Gasteiger partial charge in [-0.05, 0) is 20.8 Å². The molecule has 1 aliphatic heterocycles. The van der Waals surface area contributed by atoms with Gasteiger partial charge < -0.3 is 14.8 Å². The van der Waals surface area contributed by atoms with E-state index in [1.807, 2.05) is 25.3 Å². The third kappa shape index (κ3) is 2.23. The molecule has 0 unspecified atom stereocenters. The van der Waals surface area contributed by atoms with Crippen LogP contribution in [0.15, 0.2) is 0 Å². The Morgan fingerprint density at radius 1 is 1.44 bits per heavy atom. The smallest absolute Gasteiger partial charge is 0.318 e. The standard InChI is InChI=1S/C12H18N4O2/c1-8(2)13-12(18)15-4-5-16-9(3)14-10(7-17)11(16)6-15/h7-8H,4-6H2,1-3H3,(H,13,18). The molecule has 2 amide bonds. The van der Waals surface area contributed by atoms with Crippen LogP contribution in [-0.2, 0) is 13.1 Å². The minimum absolute atomic E-state index is 0.0908. The Hall–Kier alpha value is -1.85. The SMILES string of the molecule is Cc1nc(C=O)c2n1CCN(C(=O)NC(C)C)C2. The van der Waals surface area contributed by atoms with Crippen molar-refractivity contribution in [1.82, 2.24) is 19.8 Å². The number of hydrogen-bond acceptors (Lipinski definition) is 3. The summed E-state index contributed by atoms with van der Waals surface area (Å²) in [7, 11) is 0. The van der Waals surface area contributed by atoms with Crippen molar-refractivity contribution in [3.05, 3.63) is 17.2 Å². The lowest BCUT2D eigenvalue weighted by Gasteiger charge is -2.29. The van der Waals surface area contributed by atoms with Crippen LogP contribution in [0.5, 0.6) is 0 Å². The molecule has 0 spiro atoms. The first kappa shape index (κ1) is 12.6. The van der Waals surface area contributed by atoms with Crippen LogP contribution >= 0.6 is 0 Å². The van der Waals surface area contributed by atoms with Crippen LogP contribution in [0.4, 0.5) is 4.79 Å². The highest BCUT2D eigenvalue weighted by atomic mass is 16.2. The van der Waals surface area contributed by atoms with E-state index >= 15 is 0 Å². The summed E-state index contributed by atoms with van der Waals surface area (Å²) in [6.45, 7) is 7.49. The fraction of sp³-hybridized carbons (Fsp3) is 0.583. The number of carbonyl (C=O) groups is 2. The van der Waals surface area contributed by atoms with E-state index in [2.05, 4.69) is 10.3 Å². The average molecular weight is 250 g/mol. The molecule has 0 fully saturated rings. The summed E-state index contributed by atoms with van der Waals surface area (Å²) in [4.78, 5) is 28.8. The zero-order valence-corrected chi connectivity index (χ0v) is 10.9. The fourth-order valence-electron chi connectivity index (χ4n) is 2.18. The molecule has 0 aliphatic carbocycles. The van der Waals surface area contributed by atoms with Crippen molar-refractivity contribution >= 4 is 12.3 Å². The van der Waals surface area contributed by atoms with Gasteiger partial charge in [-0.15, -0.1) is 0 Å². The lowest BCUT2D eigenvalue weighted by atomic mass is 10.2. The maximum atomic E-state index is 11.9. The van der Waals surface area contributed by atoms with Crippen LogP contribution in [0.2, 0.25) is 0 Å². The van der Waals surface area contributed by atoms with E-state index in [1.165, 1.54) is 0 Å². The Kier molecular flexibility index (Phi) is 3.36. The molecule has 0 aromatic carbocycles. The average Bonchev–Trinajstić information content (AvgIpc) is 2.65. The van der Waals surface area contributed by atoms with Gasteiger partial charge in [0.1, 0.15) is 11.5 Å². The van der Waals surface area contributed by atoms with Gasteiger partial charge in [-0.1, -0.05) is 0 Å². The number of hydrogen-bond donors (Lipinski definition) is 1. The predicted molar refractivity (Wildman–Crippen MR) is 66.4 cm³/mol. The Morgan fingerprint density at radius 2 is 2.17 bits per heavy atom. The van der Waals surface area contributed by atoms with Crippen molar-refractivity contribution in [1.29, 1.82) is 0 Å². The second-order valence-electron chi connectivity index (χ2n) is 4.79. The first-order valence-electron chi connectivity index (χ1n) is 6.09. The Labute approximate surface area is 106 Å². The van der Waals surface area contributed by atoms with Crippen molar-refractivity contribution in [3.63, 3.8) is 0 Å². The summed E-state index contributed by atoms with van der Waals surface area (Å²) in [5, 5.41) is 2.86. The topological polar surface area (TPSA) is 67.2 Å². The minimum atomic E-state index is -0.0908. The molecule has 2 heterocycles. The van der Waals surface area contributed by atoms with Crippen molar-refractivity contribution in [2.45, 2.75) is 39.9 Å². The van der Waals surface area contributed by atoms with Crippen molar-refractivity contribution in [3.8, 4) is 0 Å². The number of carbonyl (C=O) groups excluding carboxylic acids is 2. The van der Waals surface area contributed by atoms with Gasteiger partial charge in [0, 0.05) is 19.1 Å². The zero-order chi connectivity index (χ0) is 13.3. The van der Waals surface area contributed by atoms with Gasteiger partial charge >= 0.3 is 6.03 Å². The molecule has 98 valence electrons. The predicted octanol–water partition coefficient (Wildman–Crippen LogP) is 0.938. The van der Waals surface area contributed by atoms with Crippen LogP contribution in [0.1, 0.15) is 35.9 Å². The highest BCUT2D eigenvalue weighted by Gasteiger charge is 2.25. The van der Waals surface area contributed by atoms with E-state index < -0.39 is 0 Å². The molecule has 1 N–H and O–H groups in total. The fourth-order valence-corrected chi connectivity index (χ4v) is 2.18. The van der Waals surface area contributed by atoms with Crippen LogP contribution < -0.4 is 5.32 Å². The summed E-state index contributed by atoms with van der Waals surface area (Å²) in [5.41, 5.74) is 1.27. The maximum Gasteiger partial charge on any atom is 0.318 e. The molecule has 0 atom stereocenters. The van der Waals surface area contributed by atoms with Crippen LogP contribution in [0.3, 0.4) is 0 Å². The van der Waals surface area contributed by atoms with E-state index in [-0.39, 0.29) is 12.1 Å². The van der Waals surface area contributed by atoms with Gasteiger partial charge in [-0.25, -0.2) is 9.78 Å². The molecule has 18 heavy (non-hydrogen) atoms. The number of aromatic nitrogens is 2. The number of fused-ring (bicyclic) bond motifs is 1. The number of aldehydes is 1. The molecule has 6 heteroatoms. The molecule has 1 aliphatic rings. The van der Waals surface area contributed by atoms with Gasteiger partial charge in [0.25, 0.3) is 0 Å². The summed E-state index contributed by atoms with van der Waals surface area (Å²) in [5.74, 6) is 0.830. The number of rotatable bonds is 2. The summed E-state index contributed by atoms with van der Waals surface area (Å²) >= 11 is 0. The van der Waals surface area contributed by atoms with Gasteiger partial charge in [0.05, 0.1) is 12.2 Å². The second kappa shape index (κ2) is 4.80. The van der Waals surface area contributed by atoms with Crippen LogP contribution in [-0.4, -0.2) is 39.4 Å². The number of amides is 2. The molecule has 6 nitrogen and oxygen atoms in total. The maximum absolute atomic E-state index is 11.9. The van der Waals surface area contributed by atoms with Crippen molar-refractivity contribution in [2.75, 3.05) is 6.54 Å². The van der Waals surface area contributed by atoms with Gasteiger partial charge in [0.15, 0.2) is 6.29 Å². The normalized spacial score (nSPS) is 14.6. The third-order valence-electron chi connectivity index (χ3n) is 3.04. The van der Waals surface area contributed by atoms with Crippen molar-refractivity contribution < 1.29 is 9.59 Å².